The van der Waals surface area contributed by atoms with Gasteiger partial charge in [0.1, 0.15) is 58.1 Å². The number of carbonyl (C=O) groups excluding carboxylic acids is 10. The average Bonchev–Trinajstić information content (AvgIpc) is 1.59. The van der Waals surface area contributed by atoms with Crippen molar-refractivity contribution in [1.82, 2.24) is 20.5 Å². The molecule has 2 saturated heterocycles. The first-order chi connectivity index (χ1) is 62.4. The van der Waals surface area contributed by atoms with E-state index in [0.29, 0.717) is 67.9 Å². The fourth-order valence-corrected chi connectivity index (χ4v) is 19.2. The lowest BCUT2D eigenvalue weighted by molar-refractivity contribution is -0.160. The van der Waals surface area contributed by atoms with E-state index in [1.54, 1.807) is 90.1 Å². The number of amides is 7. The first-order valence-corrected chi connectivity index (χ1v) is 45.2. The molecule has 12 atom stereocenters. The van der Waals surface area contributed by atoms with Gasteiger partial charge in [-0.05, 0) is 138 Å². The van der Waals surface area contributed by atoms with Crippen LogP contribution in [0.15, 0.2) is 112 Å². The Labute approximate surface area is 758 Å². The largest absolute Gasteiger partial charge is 0.507 e. The standard InChI is InChI=1S/C98H118FN9O23/c1-49(2)79(103-72(111)21-14-13-15-36-108-73(112)28-29-74(108)113)68(110)43-61(20-17-35-101-97(100)124)95(121)102-62-26-22-59(23-27-62)48-127-70-44-63(106-37-30-57(31-38-106)42-58-32-39-107(40-33-58)83-67(99)47-65-75(91(83)126-12)64(60-24-25-60)46-66(87(65)117)96(122)123)45-71-80(70)104-81-76-77-86(116)55(8)90-78(76)93(119)98(10,131-90)128-41-34-69(125-11)52(5)89(129-56(9)109)54(7)85(115)53(6)84(114)50(3)18-16-19-51(4)94(120)105-82(88(77)118)92(81)130-71/h16,18-19,22-23,26-29,34,41,44-47,49-50,52-54,57-58,60-61,64,69,79,84-85,89,114-116H,13-15,17,20-21,24-25,30-33,35-40,42-43,48H2,1-12H3,(H,102,121)(H,103,111)(H,105,120)(H,122,123)(H3,100,101,124)/t50-,52+,53+,54+,61+,64?,69-,79-,84-,85+,89+,98-/m0/s1. The molecule has 4 aromatic rings. The number of esters is 1. The summed E-state index contributed by atoms with van der Waals surface area (Å²) in [7, 11) is 2.86. The van der Waals surface area contributed by atoms with Crippen LogP contribution in [-0.2, 0) is 59.2 Å². The van der Waals surface area contributed by atoms with E-state index in [4.69, 9.17) is 43.6 Å². The van der Waals surface area contributed by atoms with E-state index in [9.17, 15) is 68.4 Å². The second-order valence-corrected chi connectivity index (χ2v) is 36.4. The van der Waals surface area contributed by atoms with E-state index in [2.05, 4.69) is 26.2 Å². The molecule has 5 bridgehead atoms. The van der Waals surface area contributed by atoms with E-state index in [1.165, 1.54) is 84.6 Å². The van der Waals surface area contributed by atoms with Crippen molar-refractivity contribution in [1.29, 1.82) is 0 Å². The van der Waals surface area contributed by atoms with Crippen molar-refractivity contribution in [2.24, 2.45) is 59.0 Å². The van der Waals surface area contributed by atoms with Gasteiger partial charge in [-0.2, -0.15) is 0 Å². The van der Waals surface area contributed by atoms with Crippen molar-refractivity contribution in [3.05, 3.63) is 146 Å². The molecule has 131 heavy (non-hydrogen) atoms. The minimum atomic E-state index is -2.23. The molecule has 0 radical (unpaired) electrons. The van der Waals surface area contributed by atoms with Gasteiger partial charge in [-0.3, -0.25) is 52.8 Å². The second kappa shape index (κ2) is 41.0. The SMILES string of the molecule is COc1c2c(cc(F)c1N1CCC(CC3CCN(c4cc(OCc5ccc(NC(=O)[C@H](CCCNC(N)=O)CC(=O)[C@@H](NC(=O)CCCCCN6C(=O)C=CC6=O)C(C)C)cc5)c5nc6c7c8c9c(C)c(O)c7c(=O)c(c-6oc5c4)NC(=O)C(C)=CC=C[C@H](C)[C@H](O)[C@@H](C)[C@@H](O)[C@@H](C)[C@H](OC(C)=O)[C@H](C)[C@@H](OC)C=CO[C@@](C)(O9)C8=O)CC3)CC1)C(=O)C(C(=O)O)=CC2C1CC1. The number of nitrogens with zero attached hydrogens (tertiary/aromatic N) is 4. The van der Waals surface area contributed by atoms with Crippen LogP contribution in [0.3, 0.4) is 0 Å². The molecular weight excluding hydrogens is 1690 g/mol. The Morgan fingerprint density at radius 3 is 2.14 bits per heavy atom. The number of aliphatic hydroxyl groups is 2. The zero-order valence-electron chi connectivity index (χ0n) is 76.0. The highest BCUT2D eigenvalue weighted by Gasteiger charge is 2.51. The number of aromatic nitrogens is 1. The molecule has 10 aliphatic rings. The number of aromatic hydroxyl groups is 1. The normalized spacial score (nSPS) is 23.4. The summed E-state index contributed by atoms with van der Waals surface area (Å²) >= 11 is 0. The van der Waals surface area contributed by atoms with Crippen LogP contribution in [0, 0.1) is 66.0 Å². The van der Waals surface area contributed by atoms with Crippen molar-refractivity contribution in [3.63, 3.8) is 0 Å². The molecule has 32 nitrogen and oxygen atoms in total. The second-order valence-electron chi connectivity index (χ2n) is 36.4. The number of nitrogens with two attached hydrogens (primary N) is 1. The fraction of sp³-hybridized carbons (Fsp3) is 0.500. The molecule has 3 aliphatic carbocycles. The summed E-state index contributed by atoms with van der Waals surface area (Å²) in [6.45, 7) is 18.1. The van der Waals surface area contributed by atoms with Crippen molar-refractivity contribution < 1.29 is 110 Å². The number of carbonyl (C=O) groups is 11. The van der Waals surface area contributed by atoms with Crippen LogP contribution in [-0.4, -0.2) is 185 Å². The number of benzene rings is 5. The van der Waals surface area contributed by atoms with Crippen LogP contribution in [0.5, 0.6) is 23.0 Å². The molecule has 1 unspecified atom stereocenters. The van der Waals surface area contributed by atoms with Gasteiger partial charge in [-0.15, -0.1) is 0 Å². The number of carboxylic acids is 1. The number of urea groups is 1. The number of unbranched alkanes of at least 4 members (excludes halogenated alkanes) is 2. The lowest BCUT2D eigenvalue weighted by Crippen LogP contribution is -2.46. The van der Waals surface area contributed by atoms with Crippen molar-refractivity contribution in [2.45, 2.75) is 208 Å². The summed E-state index contributed by atoms with van der Waals surface area (Å²) < 4.78 is 61.0. The number of primary amides is 1. The molecule has 1 saturated carbocycles. The highest BCUT2D eigenvalue weighted by atomic mass is 19.1. The zero-order valence-corrected chi connectivity index (χ0v) is 76.0. The molecule has 10 N–H and O–H groups in total. The van der Waals surface area contributed by atoms with E-state index in [0.717, 1.165) is 49.8 Å². The number of nitrogens with one attached hydrogen (secondary N) is 4. The van der Waals surface area contributed by atoms with Crippen LogP contribution < -0.4 is 56.4 Å². The zero-order chi connectivity index (χ0) is 94.5. The van der Waals surface area contributed by atoms with Gasteiger partial charge in [0.2, 0.25) is 23.0 Å². The Morgan fingerprint density at radius 1 is 0.824 bits per heavy atom. The molecule has 0 aromatic heterocycles. The first kappa shape index (κ1) is 96.2. The average molecular weight is 1810 g/mol. The smallest absolute Gasteiger partial charge is 0.339 e. The molecule has 4 aromatic carbocycles. The maximum absolute atomic E-state index is 16.5. The summed E-state index contributed by atoms with van der Waals surface area (Å²) in [5.41, 5.74) is 5.57. The van der Waals surface area contributed by atoms with Gasteiger partial charge in [-0.1, -0.05) is 84.4 Å². The summed E-state index contributed by atoms with van der Waals surface area (Å²) in [6, 6.07) is 9.69. The highest BCUT2D eigenvalue weighted by molar-refractivity contribution is 6.26. The lowest BCUT2D eigenvalue weighted by Gasteiger charge is -2.39. The number of anilines is 4. The van der Waals surface area contributed by atoms with Crippen LogP contribution in [0.1, 0.15) is 196 Å². The first-order valence-electron chi connectivity index (χ1n) is 45.2. The number of ketones is 3. The van der Waals surface area contributed by atoms with Crippen molar-refractivity contribution in [2.75, 3.05) is 73.9 Å². The van der Waals surface area contributed by atoms with Gasteiger partial charge in [0.05, 0.1) is 48.7 Å². The Morgan fingerprint density at radius 2 is 1.50 bits per heavy atom. The van der Waals surface area contributed by atoms with Gasteiger partial charge in [0.25, 0.3) is 23.5 Å². The van der Waals surface area contributed by atoms with Gasteiger partial charge in [0, 0.05) is 172 Å². The number of imide groups is 1. The number of phenols is 1. The van der Waals surface area contributed by atoms with Crippen molar-refractivity contribution in [3.8, 4) is 34.5 Å². The number of allylic oxidation sites excluding steroid dienone is 3. The Balaban J connectivity index is 0.821. The number of piperidine rings is 2. The molecule has 14 rings (SSSR count). The third-order valence-corrected chi connectivity index (χ3v) is 26.9. The number of Topliss-reactive ketones (excluding diaryl/α,β-unsaturated/α-hetero) is 3. The van der Waals surface area contributed by atoms with Crippen LogP contribution in [0.25, 0.3) is 33.3 Å². The van der Waals surface area contributed by atoms with E-state index < -0.39 is 147 Å². The monoisotopic (exact) mass is 1810 g/mol. The van der Waals surface area contributed by atoms with Gasteiger partial charge in [-0.25, -0.2) is 19.0 Å². The topological polar surface area (TPSA) is 451 Å². The maximum atomic E-state index is 16.5. The Bertz CT molecular complexity index is 5620. The van der Waals surface area contributed by atoms with E-state index >= 15 is 14.0 Å². The lowest BCUT2D eigenvalue weighted by atomic mass is 9.78. The van der Waals surface area contributed by atoms with Crippen LogP contribution in [0.4, 0.5) is 31.9 Å². The number of fused-ring (bicyclic) bond motifs is 15. The number of methoxy groups -OCH3 is 2. The summed E-state index contributed by atoms with van der Waals surface area (Å²) in [5.74, 6) is -14.1. The molecule has 0 spiro atoms. The number of phenolic OH excluding ortho intramolecular Hbond substituents is 1. The summed E-state index contributed by atoms with van der Waals surface area (Å²) in [4.78, 5) is 173. The summed E-state index contributed by atoms with van der Waals surface area (Å²) in [5, 5.41) is 56.6. The van der Waals surface area contributed by atoms with Gasteiger partial charge in [0.15, 0.2) is 28.7 Å². The third kappa shape index (κ3) is 21.0. The summed E-state index contributed by atoms with van der Waals surface area (Å²) in [6.07, 6.45) is 14.1. The molecule has 7 amide bonds. The number of rotatable bonds is 29. The molecular formula is C98H118FN9O23. The number of ether oxygens (including phenoxy) is 6. The third-order valence-electron chi connectivity index (χ3n) is 26.9. The molecule has 7 aliphatic heterocycles. The van der Waals surface area contributed by atoms with E-state index in [1.807, 2.05) is 4.90 Å². The van der Waals surface area contributed by atoms with Gasteiger partial charge < -0.3 is 90.1 Å². The molecule has 7 heterocycles. The Hall–Kier alpha value is -12.4. The fourth-order valence-electron chi connectivity index (χ4n) is 19.2. The maximum Gasteiger partial charge on any atom is 0.339 e. The minimum absolute atomic E-state index is 0.0138. The number of aliphatic hydroxyl groups excluding tert-OH is 2. The number of halogens is 1. The van der Waals surface area contributed by atoms with E-state index in [-0.39, 0.29) is 165 Å². The van der Waals surface area contributed by atoms with Gasteiger partial charge >= 0.3 is 23.8 Å². The molecule has 33 heteroatoms. The predicted molar refractivity (Wildman–Crippen MR) is 484 cm³/mol. The van der Waals surface area contributed by atoms with Crippen molar-refractivity contribution >= 4 is 109 Å². The number of hydrogen-bond donors (Lipinski definition) is 9. The minimum Gasteiger partial charge on any atom is -0.507 e. The van der Waals surface area contributed by atoms with Crippen LogP contribution in [0.2, 0.25) is 0 Å². The Kier molecular flexibility index (Phi) is 30.1. The molecule has 700 valence electrons. The number of hydrogen-bond acceptors (Lipinski definition) is 25. The number of carboxylic acid groups (broad SMARTS) is 1. The molecule has 3 fully saturated rings. The highest BCUT2D eigenvalue weighted by Crippen LogP contribution is 2.55. The van der Waals surface area contributed by atoms with Crippen LogP contribution >= 0.6 is 0 Å². The number of aliphatic carboxylic acids is 1. The predicted octanol–water partition coefficient (Wildman–Crippen LogP) is 12.5. The quantitative estimate of drug-likeness (QED) is 0.00526.